The first-order valence-corrected chi connectivity index (χ1v) is 9.52. The minimum atomic E-state index is -0.406. The van der Waals surface area contributed by atoms with Gasteiger partial charge in [0.2, 0.25) is 0 Å². The van der Waals surface area contributed by atoms with Crippen molar-refractivity contribution in [1.29, 1.82) is 0 Å². The van der Waals surface area contributed by atoms with Crippen LogP contribution in [0.1, 0.15) is 59.3 Å². The third kappa shape index (κ3) is 3.64. The summed E-state index contributed by atoms with van der Waals surface area (Å²) >= 11 is 0. The Kier molecular flexibility index (Phi) is 5.44. The number of ether oxygens (including phenoxy) is 1. The quantitative estimate of drug-likeness (QED) is 0.839. The smallest absolute Gasteiger partial charge is 0.0978 e. The van der Waals surface area contributed by atoms with Crippen LogP contribution in [0.4, 0.5) is 0 Å². The molecule has 0 bridgehead atoms. The fourth-order valence-corrected chi connectivity index (χ4v) is 4.93. The Morgan fingerprint density at radius 3 is 2.57 bits per heavy atom. The average molecular weight is 323 g/mol. The van der Waals surface area contributed by atoms with Crippen molar-refractivity contribution < 1.29 is 14.9 Å². The van der Waals surface area contributed by atoms with Crippen LogP contribution >= 0.6 is 0 Å². The van der Waals surface area contributed by atoms with Crippen LogP contribution in [0.25, 0.3) is 0 Å². The Bertz CT molecular complexity index is 432. The molecule has 3 rings (SSSR count). The molecule has 2 fully saturated rings. The SMILES string of the molecule is CC1CC(O)C(C)C(C)C1CC1CCC(O)C(C2CCCO2)=N1. The number of rotatable bonds is 3. The summed E-state index contributed by atoms with van der Waals surface area (Å²) in [5.41, 5.74) is 0.906. The summed E-state index contributed by atoms with van der Waals surface area (Å²) in [6.45, 7) is 7.54. The van der Waals surface area contributed by atoms with Crippen LogP contribution in [0.2, 0.25) is 0 Å². The van der Waals surface area contributed by atoms with Crippen LogP contribution in [-0.4, -0.2) is 46.9 Å². The Morgan fingerprint density at radius 2 is 1.87 bits per heavy atom. The lowest BCUT2D eigenvalue weighted by molar-refractivity contribution is -0.0169. The summed E-state index contributed by atoms with van der Waals surface area (Å²) < 4.78 is 5.75. The first-order chi connectivity index (χ1) is 11.0. The summed E-state index contributed by atoms with van der Waals surface area (Å²) in [5.74, 6) is 2.06. The van der Waals surface area contributed by atoms with Crippen molar-refractivity contribution in [1.82, 2.24) is 0 Å². The van der Waals surface area contributed by atoms with Gasteiger partial charge in [-0.15, -0.1) is 0 Å². The summed E-state index contributed by atoms with van der Waals surface area (Å²) in [7, 11) is 0. The number of nitrogens with zero attached hydrogens (tertiary/aromatic N) is 1. The monoisotopic (exact) mass is 323 g/mol. The lowest BCUT2D eigenvalue weighted by Crippen LogP contribution is -2.42. The van der Waals surface area contributed by atoms with Crippen LogP contribution in [0, 0.1) is 23.7 Å². The van der Waals surface area contributed by atoms with Gasteiger partial charge in [0.1, 0.15) is 0 Å². The molecule has 1 saturated carbocycles. The highest BCUT2D eigenvalue weighted by Crippen LogP contribution is 2.42. The standard InChI is InChI=1S/C19H33NO3/c1-11-9-17(22)13(3)12(2)15(11)10-14-6-7-16(21)19(20-14)18-5-4-8-23-18/h11-18,21-22H,4-10H2,1-3H3. The van der Waals surface area contributed by atoms with E-state index < -0.39 is 6.10 Å². The zero-order valence-corrected chi connectivity index (χ0v) is 14.8. The molecule has 132 valence electrons. The molecule has 0 aromatic carbocycles. The molecule has 8 atom stereocenters. The average Bonchev–Trinajstić information content (AvgIpc) is 3.05. The van der Waals surface area contributed by atoms with Crippen molar-refractivity contribution in [3.05, 3.63) is 0 Å². The number of aliphatic hydroxyl groups is 2. The molecule has 4 heteroatoms. The molecule has 2 heterocycles. The predicted molar refractivity (Wildman–Crippen MR) is 91.7 cm³/mol. The molecule has 0 radical (unpaired) electrons. The molecule has 23 heavy (non-hydrogen) atoms. The van der Waals surface area contributed by atoms with E-state index in [1.165, 1.54) is 0 Å². The lowest BCUT2D eigenvalue weighted by atomic mass is 9.65. The second kappa shape index (κ2) is 7.20. The minimum absolute atomic E-state index is 0.0507. The van der Waals surface area contributed by atoms with E-state index in [1.54, 1.807) is 0 Å². The molecular weight excluding hydrogens is 290 g/mol. The Morgan fingerprint density at radius 1 is 1.09 bits per heavy atom. The molecule has 1 saturated heterocycles. The van der Waals surface area contributed by atoms with Crippen molar-refractivity contribution in [3.63, 3.8) is 0 Å². The highest BCUT2D eigenvalue weighted by Gasteiger charge is 2.39. The second-order valence-electron chi connectivity index (χ2n) is 8.20. The van der Waals surface area contributed by atoms with E-state index in [2.05, 4.69) is 20.8 Å². The van der Waals surface area contributed by atoms with Crippen LogP contribution < -0.4 is 0 Å². The van der Waals surface area contributed by atoms with Crippen molar-refractivity contribution in [2.45, 2.75) is 83.6 Å². The van der Waals surface area contributed by atoms with E-state index in [0.29, 0.717) is 29.7 Å². The number of aliphatic hydroxyl groups excluding tert-OH is 2. The van der Waals surface area contributed by atoms with Gasteiger partial charge >= 0.3 is 0 Å². The molecule has 1 aliphatic carbocycles. The first-order valence-electron chi connectivity index (χ1n) is 9.52. The van der Waals surface area contributed by atoms with Crippen LogP contribution in [0.3, 0.4) is 0 Å². The molecule has 0 aromatic heterocycles. The summed E-state index contributed by atoms with van der Waals surface area (Å²) in [6.07, 6.45) is 5.36. The van der Waals surface area contributed by atoms with Gasteiger partial charge in [-0.2, -0.15) is 0 Å². The lowest BCUT2D eigenvalue weighted by Gasteiger charge is -2.43. The van der Waals surface area contributed by atoms with Gasteiger partial charge in [0.05, 0.1) is 30.1 Å². The van der Waals surface area contributed by atoms with E-state index in [4.69, 9.17) is 9.73 Å². The van der Waals surface area contributed by atoms with E-state index in [-0.39, 0.29) is 12.2 Å². The summed E-state index contributed by atoms with van der Waals surface area (Å²) in [5, 5.41) is 20.5. The maximum atomic E-state index is 10.3. The number of hydrogen-bond acceptors (Lipinski definition) is 4. The van der Waals surface area contributed by atoms with Gasteiger partial charge in [0.25, 0.3) is 0 Å². The molecular formula is C19H33NO3. The fraction of sp³-hybridized carbons (Fsp3) is 0.947. The maximum absolute atomic E-state index is 10.3. The Hall–Kier alpha value is -0.450. The highest BCUT2D eigenvalue weighted by molar-refractivity contribution is 5.93. The van der Waals surface area contributed by atoms with Crippen molar-refractivity contribution in [2.75, 3.05) is 6.61 Å². The minimum Gasteiger partial charge on any atom is -0.393 e. The largest absolute Gasteiger partial charge is 0.393 e. The predicted octanol–water partition coefficient (Wildman–Crippen LogP) is 2.81. The Balaban J connectivity index is 1.69. The van der Waals surface area contributed by atoms with Gasteiger partial charge in [0.15, 0.2) is 0 Å². The molecule has 2 aliphatic heterocycles. The van der Waals surface area contributed by atoms with E-state index in [9.17, 15) is 10.2 Å². The van der Waals surface area contributed by atoms with Crippen LogP contribution in [0.15, 0.2) is 4.99 Å². The molecule has 4 nitrogen and oxygen atoms in total. The van der Waals surface area contributed by atoms with Crippen molar-refractivity contribution in [3.8, 4) is 0 Å². The molecule has 2 N–H and O–H groups in total. The third-order valence-corrected chi connectivity index (χ3v) is 6.71. The van der Waals surface area contributed by atoms with Gasteiger partial charge in [-0.3, -0.25) is 4.99 Å². The molecule has 3 aliphatic rings. The van der Waals surface area contributed by atoms with Gasteiger partial charge in [-0.05, 0) is 62.2 Å². The number of aliphatic imine (C=N–C) groups is 1. The summed E-state index contributed by atoms with van der Waals surface area (Å²) in [6, 6.07) is 0.315. The molecule has 0 aromatic rings. The second-order valence-corrected chi connectivity index (χ2v) is 8.20. The third-order valence-electron chi connectivity index (χ3n) is 6.71. The highest BCUT2D eigenvalue weighted by atomic mass is 16.5. The van der Waals surface area contributed by atoms with Gasteiger partial charge in [-0.1, -0.05) is 20.8 Å². The normalized spacial score (nSPS) is 48.3. The fourth-order valence-electron chi connectivity index (χ4n) is 4.93. The van der Waals surface area contributed by atoms with Gasteiger partial charge in [-0.25, -0.2) is 0 Å². The molecule has 8 unspecified atom stereocenters. The van der Waals surface area contributed by atoms with Crippen LogP contribution in [0.5, 0.6) is 0 Å². The number of hydrogen-bond donors (Lipinski definition) is 2. The zero-order chi connectivity index (χ0) is 16.6. The summed E-state index contributed by atoms with van der Waals surface area (Å²) in [4.78, 5) is 4.93. The zero-order valence-electron chi connectivity index (χ0n) is 14.8. The van der Waals surface area contributed by atoms with Crippen molar-refractivity contribution >= 4 is 5.71 Å². The molecule has 0 spiro atoms. The van der Waals surface area contributed by atoms with E-state index >= 15 is 0 Å². The van der Waals surface area contributed by atoms with E-state index in [0.717, 1.165) is 50.8 Å². The molecule has 0 amide bonds. The first kappa shape index (κ1) is 17.4. The Labute approximate surface area is 140 Å². The maximum Gasteiger partial charge on any atom is 0.0978 e. The van der Waals surface area contributed by atoms with Crippen molar-refractivity contribution in [2.24, 2.45) is 28.7 Å². The van der Waals surface area contributed by atoms with Gasteiger partial charge < -0.3 is 14.9 Å². The van der Waals surface area contributed by atoms with E-state index in [1.807, 2.05) is 0 Å². The van der Waals surface area contributed by atoms with Gasteiger partial charge in [0, 0.05) is 6.61 Å². The van der Waals surface area contributed by atoms with Crippen LogP contribution in [-0.2, 0) is 4.74 Å². The topological polar surface area (TPSA) is 62.0 Å².